The lowest BCUT2D eigenvalue weighted by molar-refractivity contribution is -0.130. The summed E-state index contributed by atoms with van der Waals surface area (Å²) < 4.78 is 41.4. The number of benzene rings is 2. The molecule has 0 saturated heterocycles. The van der Waals surface area contributed by atoms with E-state index < -0.39 is 15.8 Å². The van der Waals surface area contributed by atoms with E-state index in [1.54, 1.807) is 30.1 Å². The first kappa shape index (κ1) is 18.0. The molecule has 2 aromatic rings. The van der Waals surface area contributed by atoms with Crippen molar-refractivity contribution in [2.75, 3.05) is 17.9 Å². The van der Waals surface area contributed by atoms with E-state index >= 15 is 0 Å². The van der Waals surface area contributed by atoms with E-state index in [1.165, 1.54) is 24.3 Å². The third-order valence-corrected chi connectivity index (χ3v) is 7.34. The van der Waals surface area contributed by atoms with Gasteiger partial charge in [0, 0.05) is 24.2 Å². The number of likely N-dealkylation sites (N-methyl/N-ethyl adjacent to an activating group) is 1. The highest BCUT2D eigenvalue weighted by atomic mass is 32.2. The van der Waals surface area contributed by atoms with Crippen molar-refractivity contribution in [3.63, 3.8) is 0 Å². The summed E-state index contributed by atoms with van der Waals surface area (Å²) in [6.45, 7) is -0.289. The van der Waals surface area contributed by atoms with Gasteiger partial charge in [-0.2, -0.15) is 0 Å². The Morgan fingerprint density at radius 1 is 1.15 bits per heavy atom. The Bertz CT molecular complexity index is 1000. The number of carbonyl (C=O) groups excluding carboxylic acids is 1. The molecular weight excluding hydrogens is 367 g/mol. The van der Waals surface area contributed by atoms with Crippen LogP contribution in [0.1, 0.15) is 25.7 Å². The van der Waals surface area contributed by atoms with Gasteiger partial charge < -0.3 is 4.90 Å². The summed E-state index contributed by atoms with van der Waals surface area (Å²) in [6, 6.07) is 10.6. The fourth-order valence-corrected chi connectivity index (χ4v) is 5.65. The smallest absolute Gasteiger partial charge is 0.265 e. The standard InChI is InChI=1S/C20H21FN2O3S/c1-22(15-6-2-3-7-15)20(24)13-23-18-11-10-14(21)12-17(18)16-8-4-5-9-19(16)27(23,25)26/h4-5,8-12,15H,2-3,6-7,13H2,1H3. The highest BCUT2D eigenvalue weighted by molar-refractivity contribution is 7.93. The van der Waals surface area contributed by atoms with Crippen molar-refractivity contribution in [3.05, 3.63) is 48.3 Å². The van der Waals surface area contributed by atoms with Gasteiger partial charge in [-0.15, -0.1) is 0 Å². The molecule has 0 radical (unpaired) electrons. The summed E-state index contributed by atoms with van der Waals surface area (Å²) in [4.78, 5) is 14.6. The largest absolute Gasteiger partial charge is 0.341 e. The Morgan fingerprint density at radius 2 is 1.85 bits per heavy atom. The van der Waals surface area contributed by atoms with E-state index in [-0.39, 0.29) is 23.4 Å². The van der Waals surface area contributed by atoms with Gasteiger partial charge in [0.25, 0.3) is 10.0 Å². The first-order chi connectivity index (χ1) is 12.9. The van der Waals surface area contributed by atoms with Gasteiger partial charge in [0.15, 0.2) is 0 Å². The SMILES string of the molecule is CN(C(=O)CN1c2ccc(F)cc2-c2ccccc2S1(=O)=O)C1CCCC1. The van der Waals surface area contributed by atoms with E-state index in [0.717, 1.165) is 30.0 Å². The van der Waals surface area contributed by atoms with Crippen LogP contribution >= 0.6 is 0 Å². The maximum atomic E-state index is 13.9. The van der Waals surface area contributed by atoms with E-state index in [9.17, 15) is 17.6 Å². The monoisotopic (exact) mass is 388 g/mol. The molecule has 0 aromatic heterocycles. The minimum Gasteiger partial charge on any atom is -0.341 e. The minimum absolute atomic E-state index is 0.0967. The second-order valence-electron chi connectivity index (χ2n) is 7.11. The van der Waals surface area contributed by atoms with Crippen LogP contribution in [0.4, 0.5) is 10.1 Å². The zero-order valence-electron chi connectivity index (χ0n) is 15.1. The van der Waals surface area contributed by atoms with Crippen molar-refractivity contribution >= 4 is 21.6 Å². The quantitative estimate of drug-likeness (QED) is 0.810. The lowest BCUT2D eigenvalue weighted by Crippen LogP contribution is -2.45. The number of halogens is 1. The number of hydrogen-bond acceptors (Lipinski definition) is 3. The van der Waals surface area contributed by atoms with Gasteiger partial charge in [-0.05, 0) is 37.1 Å². The lowest BCUT2D eigenvalue weighted by atomic mass is 10.0. The zero-order valence-corrected chi connectivity index (χ0v) is 15.9. The van der Waals surface area contributed by atoms with Gasteiger partial charge in [0.1, 0.15) is 12.4 Å². The molecule has 4 rings (SSSR count). The van der Waals surface area contributed by atoms with E-state index in [1.807, 2.05) is 0 Å². The molecule has 0 unspecified atom stereocenters. The summed E-state index contributed by atoms with van der Waals surface area (Å²) in [5, 5.41) is 0. The molecule has 142 valence electrons. The Balaban J connectivity index is 1.75. The third kappa shape index (κ3) is 3.00. The summed E-state index contributed by atoms with van der Waals surface area (Å²) in [5.74, 6) is -0.697. The molecule has 0 atom stereocenters. The highest BCUT2D eigenvalue weighted by Crippen LogP contribution is 2.43. The molecule has 27 heavy (non-hydrogen) atoms. The summed E-state index contributed by atoms with van der Waals surface area (Å²) in [5.41, 5.74) is 1.28. The molecule has 0 spiro atoms. The van der Waals surface area contributed by atoms with E-state index in [0.29, 0.717) is 16.8 Å². The zero-order chi connectivity index (χ0) is 19.2. The van der Waals surface area contributed by atoms with Gasteiger partial charge in [-0.25, -0.2) is 12.8 Å². The lowest BCUT2D eigenvalue weighted by Gasteiger charge is -2.33. The first-order valence-electron chi connectivity index (χ1n) is 9.07. The topological polar surface area (TPSA) is 57.7 Å². The number of rotatable bonds is 3. The molecule has 1 amide bonds. The predicted molar refractivity (Wildman–Crippen MR) is 101 cm³/mol. The maximum absolute atomic E-state index is 13.9. The fraction of sp³-hybridized carbons (Fsp3) is 0.350. The number of amides is 1. The molecule has 1 aliphatic carbocycles. The van der Waals surface area contributed by atoms with Crippen molar-refractivity contribution in [3.8, 4) is 11.1 Å². The van der Waals surface area contributed by atoms with Crippen molar-refractivity contribution in [1.29, 1.82) is 0 Å². The number of hydrogen-bond donors (Lipinski definition) is 0. The molecule has 5 nitrogen and oxygen atoms in total. The van der Waals surface area contributed by atoms with Crippen LogP contribution in [0.3, 0.4) is 0 Å². The Morgan fingerprint density at radius 3 is 2.59 bits per heavy atom. The van der Waals surface area contributed by atoms with Gasteiger partial charge in [0.05, 0.1) is 10.6 Å². The number of carbonyl (C=O) groups is 1. The first-order valence-corrected chi connectivity index (χ1v) is 10.5. The second-order valence-corrected chi connectivity index (χ2v) is 8.94. The Kier molecular flexibility index (Phi) is 4.42. The number of fused-ring (bicyclic) bond motifs is 3. The van der Waals surface area contributed by atoms with Crippen molar-refractivity contribution in [2.45, 2.75) is 36.6 Å². The van der Waals surface area contributed by atoms with Crippen LogP contribution in [0.5, 0.6) is 0 Å². The normalized spacial score (nSPS) is 18.1. The van der Waals surface area contributed by atoms with Gasteiger partial charge >= 0.3 is 0 Å². The molecule has 2 aromatic carbocycles. The molecule has 1 aliphatic heterocycles. The molecule has 1 fully saturated rings. The molecule has 7 heteroatoms. The van der Waals surface area contributed by atoms with Crippen LogP contribution in [-0.2, 0) is 14.8 Å². The molecule has 0 N–H and O–H groups in total. The average molecular weight is 388 g/mol. The highest BCUT2D eigenvalue weighted by Gasteiger charge is 2.37. The molecule has 0 bridgehead atoms. The Hall–Kier alpha value is -2.41. The predicted octanol–water partition coefficient (Wildman–Crippen LogP) is 3.40. The average Bonchev–Trinajstić information content (AvgIpc) is 3.19. The van der Waals surface area contributed by atoms with E-state index in [4.69, 9.17) is 0 Å². The molecular formula is C20H21FN2O3S. The van der Waals surface area contributed by atoms with Crippen LogP contribution in [0.2, 0.25) is 0 Å². The van der Waals surface area contributed by atoms with Crippen LogP contribution in [0.25, 0.3) is 11.1 Å². The van der Waals surface area contributed by atoms with Crippen LogP contribution < -0.4 is 4.31 Å². The number of anilines is 1. The molecule has 1 saturated carbocycles. The summed E-state index contributed by atoms with van der Waals surface area (Å²) in [7, 11) is -2.17. The fourth-order valence-electron chi connectivity index (χ4n) is 4.00. The van der Waals surface area contributed by atoms with Gasteiger partial charge in [0.2, 0.25) is 5.91 Å². The van der Waals surface area contributed by atoms with Crippen molar-refractivity contribution in [1.82, 2.24) is 4.90 Å². The van der Waals surface area contributed by atoms with Crippen LogP contribution in [-0.4, -0.2) is 38.9 Å². The molecule has 2 aliphatic rings. The van der Waals surface area contributed by atoms with Crippen molar-refractivity contribution < 1.29 is 17.6 Å². The van der Waals surface area contributed by atoms with Crippen molar-refractivity contribution in [2.24, 2.45) is 0 Å². The second kappa shape index (κ2) is 6.64. The van der Waals surface area contributed by atoms with E-state index in [2.05, 4.69) is 0 Å². The maximum Gasteiger partial charge on any atom is 0.265 e. The minimum atomic E-state index is -3.90. The molecule has 1 heterocycles. The summed E-state index contributed by atoms with van der Waals surface area (Å²) >= 11 is 0. The van der Waals surface area contributed by atoms with Crippen LogP contribution in [0, 0.1) is 5.82 Å². The Labute approximate surface area is 158 Å². The van der Waals surface area contributed by atoms with Gasteiger partial charge in [-0.3, -0.25) is 9.10 Å². The number of nitrogens with zero attached hydrogens (tertiary/aromatic N) is 2. The third-order valence-electron chi connectivity index (χ3n) is 5.52. The summed E-state index contributed by atoms with van der Waals surface area (Å²) in [6.07, 6.45) is 4.05. The van der Waals surface area contributed by atoms with Gasteiger partial charge in [-0.1, -0.05) is 31.0 Å². The number of sulfonamides is 1. The van der Waals surface area contributed by atoms with Crippen LogP contribution in [0.15, 0.2) is 47.4 Å².